The molecule has 0 radical (unpaired) electrons. The minimum absolute atomic E-state index is 0.00784. The second-order valence-corrected chi connectivity index (χ2v) is 9.25. The number of carbonyl (C=O) groups excluding carboxylic acids is 4. The molecule has 9 nitrogen and oxygen atoms in total. The van der Waals surface area contributed by atoms with Crippen LogP contribution in [0.1, 0.15) is 43.0 Å². The number of Topliss-reactive ketones (excluding diaryl/α,β-unsaturated/α-hetero) is 1. The standard InChI is InChI=1S/C23H30N2O7S/c1-15(26)25-9-7-23(8-10-25)13-19(27)17-5-4-16(12-20(17)32-23)31-14-21(28)24-18(6-11-33-3)22(29)30-2/h4-5,12,18H,6-11,13-14H2,1-3H3,(H,24,28)/t18-/m0/s1. The number of nitrogens with zero attached hydrogens (tertiary/aromatic N) is 1. The Bertz CT molecular complexity index is 912. The molecule has 1 aromatic carbocycles. The molecule has 2 aliphatic heterocycles. The largest absolute Gasteiger partial charge is 0.486 e. The van der Waals surface area contributed by atoms with Gasteiger partial charge in [0.05, 0.1) is 19.1 Å². The van der Waals surface area contributed by atoms with Crippen LogP contribution in [0.3, 0.4) is 0 Å². The molecule has 0 unspecified atom stereocenters. The molecule has 10 heteroatoms. The summed E-state index contributed by atoms with van der Waals surface area (Å²) in [6.45, 7) is 2.34. The van der Waals surface area contributed by atoms with Gasteiger partial charge in [-0.15, -0.1) is 0 Å². The van der Waals surface area contributed by atoms with Crippen molar-refractivity contribution in [1.82, 2.24) is 10.2 Å². The average Bonchev–Trinajstić information content (AvgIpc) is 2.79. The van der Waals surface area contributed by atoms with Crippen molar-refractivity contribution in [2.24, 2.45) is 0 Å². The maximum atomic E-state index is 12.7. The summed E-state index contributed by atoms with van der Waals surface area (Å²) in [6, 6.07) is 4.14. The van der Waals surface area contributed by atoms with Crippen LogP contribution in [0.2, 0.25) is 0 Å². The number of ketones is 1. The van der Waals surface area contributed by atoms with Crippen molar-refractivity contribution in [3.05, 3.63) is 23.8 Å². The summed E-state index contributed by atoms with van der Waals surface area (Å²) in [7, 11) is 1.28. The first-order valence-electron chi connectivity index (χ1n) is 10.9. The van der Waals surface area contributed by atoms with E-state index in [-0.39, 0.29) is 24.7 Å². The Labute approximate surface area is 197 Å². The molecular weight excluding hydrogens is 448 g/mol. The van der Waals surface area contributed by atoms with Gasteiger partial charge in [0.2, 0.25) is 5.91 Å². The van der Waals surface area contributed by atoms with Gasteiger partial charge < -0.3 is 24.4 Å². The highest BCUT2D eigenvalue weighted by Crippen LogP contribution is 2.40. The predicted molar refractivity (Wildman–Crippen MR) is 123 cm³/mol. The fraction of sp³-hybridized carbons (Fsp3) is 0.565. The second-order valence-electron chi connectivity index (χ2n) is 8.26. The maximum Gasteiger partial charge on any atom is 0.328 e. The molecule has 33 heavy (non-hydrogen) atoms. The van der Waals surface area contributed by atoms with E-state index in [2.05, 4.69) is 5.32 Å². The van der Waals surface area contributed by atoms with E-state index in [1.165, 1.54) is 14.0 Å². The van der Waals surface area contributed by atoms with Crippen molar-refractivity contribution in [2.45, 2.75) is 44.2 Å². The third-order valence-electron chi connectivity index (χ3n) is 5.98. The molecule has 1 aromatic rings. The molecule has 2 aliphatic rings. The van der Waals surface area contributed by atoms with Gasteiger partial charge in [0.1, 0.15) is 23.1 Å². The smallest absolute Gasteiger partial charge is 0.328 e. The Morgan fingerprint density at radius 2 is 2.00 bits per heavy atom. The Kier molecular flexibility index (Phi) is 8.23. The van der Waals surface area contributed by atoms with Gasteiger partial charge in [-0.2, -0.15) is 11.8 Å². The summed E-state index contributed by atoms with van der Waals surface area (Å²) in [5, 5.41) is 2.63. The van der Waals surface area contributed by atoms with Gasteiger partial charge >= 0.3 is 5.97 Å². The number of amides is 2. The van der Waals surface area contributed by atoms with E-state index in [0.717, 1.165) is 0 Å². The van der Waals surface area contributed by atoms with Gasteiger partial charge in [-0.05, 0) is 30.6 Å². The lowest BCUT2D eigenvalue weighted by Crippen LogP contribution is -2.51. The van der Waals surface area contributed by atoms with Crippen LogP contribution in [0.15, 0.2) is 18.2 Å². The molecule has 1 saturated heterocycles. The molecular formula is C23H30N2O7S. The highest BCUT2D eigenvalue weighted by molar-refractivity contribution is 7.98. The molecule has 1 N–H and O–H groups in total. The fourth-order valence-corrected chi connectivity index (χ4v) is 4.56. The lowest BCUT2D eigenvalue weighted by molar-refractivity contribution is -0.145. The van der Waals surface area contributed by atoms with E-state index in [0.29, 0.717) is 55.2 Å². The van der Waals surface area contributed by atoms with Crippen LogP contribution in [-0.2, 0) is 19.1 Å². The summed E-state index contributed by atoms with van der Waals surface area (Å²) in [6.07, 6.45) is 3.81. The number of thioether (sulfide) groups is 1. The van der Waals surface area contributed by atoms with Crippen LogP contribution in [-0.4, -0.2) is 78.9 Å². The fourth-order valence-electron chi connectivity index (χ4n) is 4.08. The summed E-state index contributed by atoms with van der Waals surface area (Å²) in [5.74, 6) is 0.564. The molecule has 1 spiro atoms. The zero-order chi connectivity index (χ0) is 24.0. The van der Waals surface area contributed by atoms with Crippen molar-refractivity contribution in [2.75, 3.05) is 38.8 Å². The van der Waals surface area contributed by atoms with Gasteiger partial charge in [-0.25, -0.2) is 4.79 Å². The lowest BCUT2D eigenvalue weighted by Gasteiger charge is -2.43. The van der Waals surface area contributed by atoms with Crippen LogP contribution < -0.4 is 14.8 Å². The van der Waals surface area contributed by atoms with Gasteiger partial charge in [0.15, 0.2) is 12.4 Å². The van der Waals surface area contributed by atoms with E-state index >= 15 is 0 Å². The Morgan fingerprint density at radius 3 is 2.64 bits per heavy atom. The van der Waals surface area contributed by atoms with Crippen LogP contribution in [0.25, 0.3) is 0 Å². The highest BCUT2D eigenvalue weighted by atomic mass is 32.2. The summed E-state index contributed by atoms with van der Waals surface area (Å²) < 4.78 is 16.6. The monoisotopic (exact) mass is 478 g/mol. The molecule has 2 amide bonds. The number of benzene rings is 1. The third-order valence-corrected chi connectivity index (χ3v) is 6.63. The first kappa shape index (κ1) is 24.9. The van der Waals surface area contributed by atoms with Gasteiger partial charge in [-0.3, -0.25) is 14.4 Å². The van der Waals surface area contributed by atoms with E-state index < -0.39 is 23.5 Å². The lowest BCUT2D eigenvalue weighted by atomic mass is 9.82. The van der Waals surface area contributed by atoms with E-state index in [1.807, 2.05) is 6.26 Å². The number of fused-ring (bicyclic) bond motifs is 1. The molecule has 0 bridgehead atoms. The number of methoxy groups -OCH3 is 1. The van der Waals surface area contributed by atoms with E-state index in [9.17, 15) is 19.2 Å². The van der Waals surface area contributed by atoms with Gasteiger partial charge in [0, 0.05) is 38.9 Å². The van der Waals surface area contributed by atoms with Crippen molar-refractivity contribution >= 4 is 35.3 Å². The molecule has 0 saturated carbocycles. The van der Waals surface area contributed by atoms with Crippen LogP contribution >= 0.6 is 11.8 Å². The van der Waals surface area contributed by atoms with Crippen molar-refractivity contribution in [3.63, 3.8) is 0 Å². The Morgan fingerprint density at radius 1 is 1.27 bits per heavy atom. The van der Waals surface area contributed by atoms with Gasteiger partial charge in [-0.1, -0.05) is 0 Å². The number of nitrogens with one attached hydrogen (secondary N) is 1. The molecule has 1 fully saturated rings. The number of ether oxygens (including phenoxy) is 3. The summed E-state index contributed by atoms with van der Waals surface area (Å²) in [5.41, 5.74) is -0.147. The predicted octanol–water partition coefficient (Wildman–Crippen LogP) is 1.82. The number of hydrogen-bond donors (Lipinski definition) is 1. The number of hydrogen-bond acceptors (Lipinski definition) is 8. The van der Waals surface area contributed by atoms with Crippen LogP contribution in [0.4, 0.5) is 0 Å². The second kappa shape index (κ2) is 10.9. The minimum atomic E-state index is -0.733. The van der Waals surface area contributed by atoms with Crippen molar-refractivity contribution in [1.29, 1.82) is 0 Å². The first-order chi connectivity index (χ1) is 15.8. The summed E-state index contributed by atoms with van der Waals surface area (Å²) in [4.78, 5) is 50.3. The zero-order valence-electron chi connectivity index (χ0n) is 19.2. The molecule has 2 heterocycles. The van der Waals surface area contributed by atoms with Crippen molar-refractivity contribution in [3.8, 4) is 11.5 Å². The van der Waals surface area contributed by atoms with Gasteiger partial charge in [0.25, 0.3) is 5.91 Å². The molecule has 0 aliphatic carbocycles. The number of esters is 1. The van der Waals surface area contributed by atoms with E-state index in [4.69, 9.17) is 14.2 Å². The number of likely N-dealkylation sites (tertiary alicyclic amines) is 1. The number of rotatable bonds is 8. The third kappa shape index (κ3) is 6.19. The van der Waals surface area contributed by atoms with E-state index in [1.54, 1.807) is 34.9 Å². The maximum absolute atomic E-state index is 12.7. The number of piperidine rings is 1. The van der Waals surface area contributed by atoms with Crippen LogP contribution in [0.5, 0.6) is 11.5 Å². The minimum Gasteiger partial charge on any atom is -0.486 e. The highest BCUT2D eigenvalue weighted by Gasteiger charge is 2.43. The first-order valence-corrected chi connectivity index (χ1v) is 12.3. The zero-order valence-corrected chi connectivity index (χ0v) is 20.0. The molecule has 3 rings (SSSR count). The Hall–Kier alpha value is -2.75. The normalized spacial score (nSPS) is 17.5. The molecule has 0 aromatic heterocycles. The molecule has 1 atom stereocenters. The summed E-state index contributed by atoms with van der Waals surface area (Å²) >= 11 is 1.57. The van der Waals surface area contributed by atoms with Crippen molar-refractivity contribution < 1.29 is 33.4 Å². The van der Waals surface area contributed by atoms with Crippen LogP contribution in [0, 0.1) is 0 Å². The number of carbonyl (C=O) groups is 4. The quantitative estimate of drug-likeness (QED) is 0.564. The SMILES string of the molecule is COC(=O)[C@H](CCSC)NC(=O)COc1ccc2c(c1)OC1(CCN(C(C)=O)CC1)CC2=O. The molecule has 180 valence electrons. The average molecular weight is 479 g/mol. The topological polar surface area (TPSA) is 111 Å². The Balaban J connectivity index is 1.62.